The second-order valence-corrected chi connectivity index (χ2v) is 6.88. The molecule has 0 unspecified atom stereocenters. The fraction of sp³-hybridized carbons (Fsp3) is 0.824. The molecule has 2 heterocycles. The normalized spacial score (nSPS) is 16.4. The lowest BCUT2D eigenvalue weighted by Gasteiger charge is -2.26. The third kappa shape index (κ3) is 6.99. The number of hydrogen-bond donors (Lipinski definition) is 2. The Bertz CT molecular complexity index is 535. The summed E-state index contributed by atoms with van der Waals surface area (Å²) in [5.74, 6) is 3.29. The van der Waals surface area contributed by atoms with Crippen LogP contribution in [0.25, 0.3) is 0 Å². The largest absolute Gasteiger partial charge is 0.379 e. The van der Waals surface area contributed by atoms with Crippen LogP contribution in [0.3, 0.4) is 0 Å². The molecule has 0 aliphatic carbocycles. The number of nitrogens with zero attached hydrogens (tertiary/aromatic N) is 5. The molecule has 1 aromatic heterocycles. The summed E-state index contributed by atoms with van der Waals surface area (Å²) in [4.78, 5) is 7.09. The minimum atomic E-state index is 0.520. The minimum Gasteiger partial charge on any atom is -0.379 e. The van der Waals surface area contributed by atoms with Gasteiger partial charge in [-0.15, -0.1) is 10.2 Å². The van der Waals surface area contributed by atoms with Crippen molar-refractivity contribution in [1.82, 2.24) is 30.3 Å². The lowest BCUT2D eigenvalue weighted by Crippen LogP contribution is -2.44. The molecule has 8 nitrogen and oxygen atoms in total. The summed E-state index contributed by atoms with van der Waals surface area (Å²) < 4.78 is 7.37. The van der Waals surface area contributed by atoms with Gasteiger partial charge in [0.25, 0.3) is 0 Å². The van der Waals surface area contributed by atoms with Gasteiger partial charge in [0, 0.05) is 39.8 Å². The van der Waals surface area contributed by atoms with E-state index in [2.05, 4.69) is 44.6 Å². The highest BCUT2D eigenvalue weighted by atomic mass is 16.5. The number of hydrogen-bond acceptors (Lipinski definition) is 5. The molecule has 8 heteroatoms. The first kappa shape index (κ1) is 19.7. The van der Waals surface area contributed by atoms with E-state index in [1.807, 2.05) is 18.5 Å². The first-order chi connectivity index (χ1) is 12.1. The van der Waals surface area contributed by atoms with Crippen molar-refractivity contribution in [2.75, 3.05) is 45.9 Å². The number of guanidine groups is 1. The van der Waals surface area contributed by atoms with Crippen LogP contribution in [0.4, 0.5) is 0 Å². The van der Waals surface area contributed by atoms with Crippen LogP contribution >= 0.6 is 0 Å². The number of rotatable bonds is 8. The Hall–Kier alpha value is -1.67. The molecule has 0 amide bonds. The molecule has 0 aromatic carbocycles. The molecule has 0 radical (unpaired) electrons. The van der Waals surface area contributed by atoms with Gasteiger partial charge in [-0.05, 0) is 19.3 Å². The highest BCUT2D eigenvalue weighted by molar-refractivity contribution is 5.79. The summed E-state index contributed by atoms with van der Waals surface area (Å²) in [6, 6.07) is 0. The third-order valence-electron chi connectivity index (χ3n) is 4.40. The smallest absolute Gasteiger partial charge is 0.191 e. The van der Waals surface area contributed by atoms with Crippen LogP contribution in [0.2, 0.25) is 0 Å². The Labute approximate surface area is 151 Å². The molecule has 0 spiro atoms. The first-order valence-corrected chi connectivity index (χ1v) is 9.23. The summed E-state index contributed by atoms with van der Waals surface area (Å²) in [6.45, 7) is 13.4. The van der Waals surface area contributed by atoms with Crippen LogP contribution in [0.1, 0.15) is 31.9 Å². The van der Waals surface area contributed by atoms with Gasteiger partial charge in [0.15, 0.2) is 11.8 Å². The van der Waals surface area contributed by atoms with Gasteiger partial charge >= 0.3 is 0 Å². The van der Waals surface area contributed by atoms with E-state index in [0.717, 1.165) is 70.0 Å². The predicted molar refractivity (Wildman–Crippen MR) is 99.6 cm³/mol. The van der Waals surface area contributed by atoms with E-state index >= 15 is 0 Å². The van der Waals surface area contributed by atoms with Gasteiger partial charge < -0.3 is 19.9 Å². The average Bonchev–Trinajstić information content (AvgIpc) is 2.91. The highest BCUT2D eigenvalue weighted by Crippen LogP contribution is 2.00. The second-order valence-electron chi connectivity index (χ2n) is 6.88. The molecular weight excluding hydrogens is 318 g/mol. The van der Waals surface area contributed by atoms with E-state index < -0.39 is 0 Å². The third-order valence-corrected chi connectivity index (χ3v) is 4.40. The van der Waals surface area contributed by atoms with Crippen LogP contribution in [-0.4, -0.2) is 71.6 Å². The minimum absolute atomic E-state index is 0.520. The molecule has 0 saturated carbocycles. The molecular formula is C17H33N7O. The lowest BCUT2D eigenvalue weighted by atomic mass is 10.1. The second kappa shape index (κ2) is 10.4. The Balaban J connectivity index is 1.84. The van der Waals surface area contributed by atoms with Gasteiger partial charge in [-0.3, -0.25) is 4.90 Å². The van der Waals surface area contributed by atoms with E-state index in [-0.39, 0.29) is 0 Å². The van der Waals surface area contributed by atoms with Gasteiger partial charge in [-0.2, -0.15) is 0 Å². The Morgan fingerprint density at radius 3 is 2.56 bits per heavy atom. The van der Waals surface area contributed by atoms with Crippen LogP contribution in [0.15, 0.2) is 4.99 Å². The van der Waals surface area contributed by atoms with Crippen molar-refractivity contribution >= 4 is 5.96 Å². The van der Waals surface area contributed by atoms with E-state index in [1.165, 1.54) is 0 Å². The Morgan fingerprint density at radius 2 is 1.92 bits per heavy atom. The average molecular weight is 351 g/mol. The number of aliphatic imine (C=N–C) groups is 1. The molecule has 0 atom stereocenters. The van der Waals surface area contributed by atoms with Crippen LogP contribution in [0, 0.1) is 12.8 Å². The summed E-state index contributed by atoms with van der Waals surface area (Å²) in [5, 5.41) is 15.1. The monoisotopic (exact) mass is 351 g/mol. The molecule has 2 N–H and O–H groups in total. The highest BCUT2D eigenvalue weighted by Gasteiger charge is 2.10. The van der Waals surface area contributed by atoms with Crippen molar-refractivity contribution in [3.8, 4) is 0 Å². The van der Waals surface area contributed by atoms with Crippen molar-refractivity contribution in [3.63, 3.8) is 0 Å². The van der Waals surface area contributed by atoms with E-state index in [9.17, 15) is 0 Å². The standard InChI is InChI=1S/C17H33N7O/c1-14(2)5-6-18-17(19-7-8-24-9-11-25-12-10-24)20-13-16-22-21-15(3)23(16)4/h14H,5-13H2,1-4H3,(H2,18,19,20). The van der Waals surface area contributed by atoms with Crippen molar-refractivity contribution in [2.24, 2.45) is 18.0 Å². The molecule has 1 aromatic rings. The summed E-state index contributed by atoms with van der Waals surface area (Å²) in [6.07, 6.45) is 1.12. The van der Waals surface area contributed by atoms with Crippen molar-refractivity contribution in [1.29, 1.82) is 0 Å². The maximum atomic E-state index is 5.39. The molecule has 25 heavy (non-hydrogen) atoms. The number of nitrogens with one attached hydrogen (secondary N) is 2. The van der Waals surface area contributed by atoms with Gasteiger partial charge in [-0.25, -0.2) is 4.99 Å². The topological polar surface area (TPSA) is 79.6 Å². The zero-order valence-electron chi connectivity index (χ0n) is 16.1. The predicted octanol–water partition coefficient (Wildman–Crippen LogP) is 0.537. The van der Waals surface area contributed by atoms with E-state index in [4.69, 9.17) is 4.74 Å². The zero-order valence-corrected chi connectivity index (χ0v) is 16.1. The Morgan fingerprint density at radius 1 is 1.20 bits per heavy atom. The molecule has 142 valence electrons. The van der Waals surface area contributed by atoms with Crippen LogP contribution < -0.4 is 10.6 Å². The van der Waals surface area contributed by atoms with Crippen molar-refractivity contribution in [2.45, 2.75) is 33.7 Å². The quantitative estimate of drug-likeness (QED) is 0.526. The number of morpholine rings is 1. The fourth-order valence-electron chi connectivity index (χ4n) is 2.55. The molecule has 0 bridgehead atoms. The summed E-state index contributed by atoms with van der Waals surface area (Å²) in [5.41, 5.74) is 0. The summed E-state index contributed by atoms with van der Waals surface area (Å²) >= 11 is 0. The molecule has 1 fully saturated rings. The van der Waals surface area contributed by atoms with Gasteiger partial charge in [0.1, 0.15) is 12.4 Å². The lowest BCUT2D eigenvalue weighted by molar-refractivity contribution is 0.0389. The number of aromatic nitrogens is 3. The molecule has 2 rings (SSSR count). The van der Waals surface area contributed by atoms with Gasteiger partial charge in [0.2, 0.25) is 0 Å². The zero-order chi connectivity index (χ0) is 18.1. The van der Waals surface area contributed by atoms with Crippen LogP contribution in [0.5, 0.6) is 0 Å². The van der Waals surface area contributed by atoms with Crippen LogP contribution in [-0.2, 0) is 18.3 Å². The maximum Gasteiger partial charge on any atom is 0.191 e. The molecule has 1 aliphatic heterocycles. The van der Waals surface area contributed by atoms with Crippen molar-refractivity contribution < 1.29 is 4.74 Å². The molecule has 1 aliphatic rings. The summed E-state index contributed by atoms with van der Waals surface area (Å²) in [7, 11) is 1.97. The van der Waals surface area contributed by atoms with Gasteiger partial charge in [-0.1, -0.05) is 13.8 Å². The van der Waals surface area contributed by atoms with E-state index in [1.54, 1.807) is 0 Å². The van der Waals surface area contributed by atoms with Crippen molar-refractivity contribution in [3.05, 3.63) is 11.6 Å². The number of aryl methyl sites for hydroxylation is 1. The first-order valence-electron chi connectivity index (χ1n) is 9.23. The maximum absolute atomic E-state index is 5.39. The Kier molecular flexibility index (Phi) is 8.14. The SMILES string of the molecule is Cc1nnc(CN=C(NCCC(C)C)NCCN2CCOCC2)n1C. The van der Waals surface area contributed by atoms with Gasteiger partial charge in [0.05, 0.1) is 13.2 Å². The molecule has 1 saturated heterocycles. The van der Waals surface area contributed by atoms with E-state index in [0.29, 0.717) is 12.5 Å². The number of ether oxygens (including phenoxy) is 1. The fourth-order valence-corrected chi connectivity index (χ4v) is 2.55.